The molecule has 124 valence electrons. The van der Waals surface area contributed by atoms with Gasteiger partial charge in [0.25, 0.3) is 0 Å². The first-order valence-electron chi connectivity index (χ1n) is 8.68. The summed E-state index contributed by atoms with van der Waals surface area (Å²) in [5.74, 6) is 0. The van der Waals surface area contributed by atoms with Gasteiger partial charge in [-0.25, -0.2) is 0 Å². The van der Waals surface area contributed by atoms with E-state index in [1.165, 1.54) is 16.9 Å². The standard InChI is InChI=1S/C24H23N/c1(6-14-22-15-7-3-8-16-22)2-13-21-25(23-17-9-4-10-18-23)24-19-11-5-12-20-24/h2-20H,1,21H2/b13-2-,14-6+. The van der Waals surface area contributed by atoms with Crippen molar-refractivity contribution in [2.24, 2.45) is 0 Å². The third-order valence-corrected chi connectivity index (χ3v) is 3.97. The second kappa shape index (κ2) is 9.29. The molecule has 0 saturated heterocycles. The summed E-state index contributed by atoms with van der Waals surface area (Å²) in [5, 5.41) is 0. The maximum absolute atomic E-state index is 2.32. The predicted molar refractivity (Wildman–Crippen MR) is 109 cm³/mol. The van der Waals surface area contributed by atoms with Crippen LogP contribution >= 0.6 is 0 Å². The highest BCUT2D eigenvalue weighted by atomic mass is 15.1. The molecule has 0 unspecified atom stereocenters. The average molecular weight is 325 g/mol. The van der Waals surface area contributed by atoms with Crippen molar-refractivity contribution in [3.63, 3.8) is 0 Å². The van der Waals surface area contributed by atoms with Crippen LogP contribution in [0.4, 0.5) is 11.4 Å². The van der Waals surface area contributed by atoms with E-state index >= 15 is 0 Å². The van der Waals surface area contributed by atoms with Gasteiger partial charge in [-0.05, 0) is 36.2 Å². The van der Waals surface area contributed by atoms with Crippen LogP contribution in [-0.2, 0) is 0 Å². The van der Waals surface area contributed by atoms with Gasteiger partial charge in [-0.1, -0.05) is 91.0 Å². The van der Waals surface area contributed by atoms with Gasteiger partial charge in [0.2, 0.25) is 0 Å². The molecule has 25 heavy (non-hydrogen) atoms. The number of nitrogens with zero attached hydrogens (tertiary/aromatic N) is 1. The molecule has 0 aromatic heterocycles. The summed E-state index contributed by atoms with van der Waals surface area (Å²) in [6.07, 6.45) is 9.75. The van der Waals surface area contributed by atoms with Crippen LogP contribution in [0.2, 0.25) is 0 Å². The molecule has 3 aromatic carbocycles. The van der Waals surface area contributed by atoms with Crippen LogP contribution in [0.1, 0.15) is 12.0 Å². The van der Waals surface area contributed by atoms with E-state index in [4.69, 9.17) is 0 Å². The highest BCUT2D eigenvalue weighted by molar-refractivity contribution is 5.63. The maximum atomic E-state index is 2.32. The first-order chi connectivity index (χ1) is 12.4. The summed E-state index contributed by atoms with van der Waals surface area (Å²) in [6, 6.07) is 31.4. The quantitative estimate of drug-likeness (QED) is 0.449. The van der Waals surface area contributed by atoms with Crippen molar-refractivity contribution in [1.29, 1.82) is 0 Å². The minimum atomic E-state index is 0.854. The molecule has 0 amide bonds. The number of para-hydroxylation sites is 2. The zero-order chi connectivity index (χ0) is 17.2. The summed E-state index contributed by atoms with van der Waals surface area (Å²) in [4.78, 5) is 2.32. The van der Waals surface area contributed by atoms with E-state index in [2.05, 4.69) is 114 Å². The molecule has 1 heteroatoms. The molecular weight excluding hydrogens is 302 g/mol. The molecule has 0 N–H and O–H groups in total. The van der Waals surface area contributed by atoms with Gasteiger partial charge < -0.3 is 4.90 Å². The molecule has 1 nitrogen and oxygen atoms in total. The lowest BCUT2D eigenvalue weighted by atomic mass is 10.2. The molecule has 0 saturated carbocycles. The van der Waals surface area contributed by atoms with Crippen LogP contribution in [0.3, 0.4) is 0 Å². The Morgan fingerprint density at radius 3 is 1.64 bits per heavy atom. The first kappa shape index (κ1) is 16.8. The number of rotatable bonds is 7. The van der Waals surface area contributed by atoms with Gasteiger partial charge in [-0.15, -0.1) is 0 Å². The Morgan fingerprint density at radius 2 is 1.08 bits per heavy atom. The number of hydrogen-bond acceptors (Lipinski definition) is 1. The monoisotopic (exact) mass is 325 g/mol. The van der Waals surface area contributed by atoms with Crippen molar-refractivity contribution in [3.05, 3.63) is 115 Å². The van der Waals surface area contributed by atoms with Crippen molar-refractivity contribution >= 4 is 17.5 Å². The molecule has 0 aliphatic heterocycles. The zero-order valence-electron chi connectivity index (χ0n) is 14.3. The fourth-order valence-corrected chi connectivity index (χ4v) is 2.70. The highest BCUT2D eigenvalue weighted by Crippen LogP contribution is 2.24. The van der Waals surface area contributed by atoms with Gasteiger partial charge >= 0.3 is 0 Å². The molecule has 0 atom stereocenters. The SMILES string of the molecule is C(=C/CN(c1ccccc1)c1ccccc1)/C/C=C/c1ccccc1. The lowest BCUT2D eigenvalue weighted by Crippen LogP contribution is -2.16. The summed E-state index contributed by atoms with van der Waals surface area (Å²) in [7, 11) is 0. The third kappa shape index (κ3) is 5.22. The van der Waals surface area contributed by atoms with E-state index in [0.717, 1.165) is 13.0 Å². The van der Waals surface area contributed by atoms with E-state index in [1.54, 1.807) is 0 Å². The van der Waals surface area contributed by atoms with Crippen LogP contribution in [0.15, 0.2) is 109 Å². The summed E-state index contributed by atoms with van der Waals surface area (Å²) >= 11 is 0. The smallest absolute Gasteiger partial charge is 0.0413 e. The number of benzene rings is 3. The van der Waals surface area contributed by atoms with Gasteiger partial charge in [-0.3, -0.25) is 0 Å². The molecule has 0 aliphatic carbocycles. The van der Waals surface area contributed by atoms with E-state index in [9.17, 15) is 0 Å². The van der Waals surface area contributed by atoms with Gasteiger partial charge in [0.1, 0.15) is 0 Å². The fourth-order valence-electron chi connectivity index (χ4n) is 2.70. The van der Waals surface area contributed by atoms with E-state index in [-0.39, 0.29) is 0 Å². The lowest BCUT2D eigenvalue weighted by Gasteiger charge is -2.23. The molecule has 0 radical (unpaired) electrons. The van der Waals surface area contributed by atoms with Crippen molar-refractivity contribution in [2.45, 2.75) is 6.42 Å². The van der Waals surface area contributed by atoms with Crippen molar-refractivity contribution in [2.75, 3.05) is 11.4 Å². The van der Waals surface area contributed by atoms with Crippen LogP contribution in [0.25, 0.3) is 6.08 Å². The van der Waals surface area contributed by atoms with Crippen LogP contribution in [-0.4, -0.2) is 6.54 Å². The van der Waals surface area contributed by atoms with Crippen molar-refractivity contribution in [1.82, 2.24) is 0 Å². The second-order valence-corrected chi connectivity index (χ2v) is 5.80. The molecular formula is C24H23N. The Morgan fingerprint density at radius 1 is 0.560 bits per heavy atom. The lowest BCUT2D eigenvalue weighted by molar-refractivity contribution is 1.09. The topological polar surface area (TPSA) is 3.24 Å². The van der Waals surface area contributed by atoms with Gasteiger partial charge in [-0.2, -0.15) is 0 Å². The Kier molecular flexibility index (Phi) is 6.24. The van der Waals surface area contributed by atoms with E-state index in [1.807, 2.05) is 6.07 Å². The third-order valence-electron chi connectivity index (χ3n) is 3.97. The molecule has 3 aromatic rings. The van der Waals surface area contributed by atoms with Crippen LogP contribution in [0.5, 0.6) is 0 Å². The minimum absolute atomic E-state index is 0.854. The molecule has 0 fully saturated rings. The van der Waals surface area contributed by atoms with Gasteiger partial charge in [0.15, 0.2) is 0 Å². The van der Waals surface area contributed by atoms with E-state index in [0.29, 0.717) is 0 Å². The molecule has 0 aliphatic rings. The maximum Gasteiger partial charge on any atom is 0.0413 e. The highest BCUT2D eigenvalue weighted by Gasteiger charge is 2.05. The number of hydrogen-bond donors (Lipinski definition) is 0. The summed E-state index contributed by atoms with van der Waals surface area (Å²) < 4.78 is 0. The van der Waals surface area contributed by atoms with E-state index < -0.39 is 0 Å². The Hall–Kier alpha value is -3.06. The molecule has 0 spiro atoms. The minimum Gasteiger partial charge on any atom is -0.338 e. The summed E-state index contributed by atoms with van der Waals surface area (Å²) in [6.45, 7) is 0.854. The Bertz CT molecular complexity index is 750. The zero-order valence-corrected chi connectivity index (χ0v) is 14.3. The second-order valence-electron chi connectivity index (χ2n) is 5.80. The first-order valence-corrected chi connectivity index (χ1v) is 8.68. The molecule has 0 heterocycles. The van der Waals surface area contributed by atoms with Crippen LogP contribution < -0.4 is 4.90 Å². The predicted octanol–water partition coefficient (Wildman–Crippen LogP) is 6.48. The largest absolute Gasteiger partial charge is 0.338 e. The molecule has 0 bridgehead atoms. The Labute approximate surface area is 150 Å². The number of anilines is 2. The van der Waals surface area contributed by atoms with Gasteiger partial charge in [0, 0.05) is 17.9 Å². The molecule has 3 rings (SSSR count). The normalized spacial score (nSPS) is 11.2. The van der Waals surface area contributed by atoms with Crippen molar-refractivity contribution < 1.29 is 0 Å². The van der Waals surface area contributed by atoms with Crippen molar-refractivity contribution in [3.8, 4) is 0 Å². The fraction of sp³-hybridized carbons (Fsp3) is 0.0833. The number of allylic oxidation sites excluding steroid dienone is 2. The van der Waals surface area contributed by atoms with Gasteiger partial charge in [0.05, 0.1) is 0 Å². The summed E-state index contributed by atoms with van der Waals surface area (Å²) in [5.41, 5.74) is 3.66. The van der Waals surface area contributed by atoms with Crippen LogP contribution in [0, 0.1) is 0 Å². The Balaban J connectivity index is 1.62. The average Bonchev–Trinajstić information content (AvgIpc) is 2.69.